The number of carbonyl (C=O) groups excluding carboxylic acids is 4. The van der Waals surface area contributed by atoms with Gasteiger partial charge in [-0.2, -0.15) is 0 Å². The first-order valence-electron chi connectivity index (χ1n) is 23.1. The van der Waals surface area contributed by atoms with Crippen molar-refractivity contribution >= 4 is 63.6 Å². The maximum Gasteiger partial charge on any atom is 0.329 e. The summed E-state index contributed by atoms with van der Waals surface area (Å²) in [4.78, 5) is 72.6. The maximum atomic E-state index is 16.4. The fourth-order valence-electron chi connectivity index (χ4n) is 11.8. The van der Waals surface area contributed by atoms with Crippen LogP contribution in [0.15, 0.2) is 70.1 Å². The number of nitrogens with one attached hydrogen (secondary N) is 3. The molecule has 4 amide bonds. The number of carbonyl (C=O) groups is 4. The number of imidazole rings is 1. The van der Waals surface area contributed by atoms with Crippen LogP contribution >= 0.6 is 23.2 Å². The number of ether oxygens (including phenoxy) is 1. The Balaban J connectivity index is 0.766. The molecule has 1 aliphatic carbocycles. The number of hydrogen-bond acceptors (Lipinski definition) is 9. The predicted molar refractivity (Wildman–Crippen MR) is 245 cm³/mol. The van der Waals surface area contributed by atoms with Crippen molar-refractivity contribution in [3.8, 4) is 0 Å². The van der Waals surface area contributed by atoms with Gasteiger partial charge in [-0.15, -0.1) is 0 Å². The predicted octanol–water partition coefficient (Wildman–Crippen LogP) is 7.81. The van der Waals surface area contributed by atoms with Gasteiger partial charge in [0.15, 0.2) is 5.69 Å². The number of imide groups is 1. The highest BCUT2D eigenvalue weighted by molar-refractivity contribution is 6.31. The Morgan fingerprint density at radius 3 is 2.53 bits per heavy atom. The number of halogens is 3. The van der Waals surface area contributed by atoms with Gasteiger partial charge in [0, 0.05) is 55.3 Å². The van der Waals surface area contributed by atoms with Crippen molar-refractivity contribution in [1.82, 2.24) is 29.7 Å². The van der Waals surface area contributed by atoms with Crippen molar-refractivity contribution in [2.24, 2.45) is 7.05 Å². The number of piperidine rings is 2. The number of benzene rings is 3. The fraction of sp³-hybridized carbons (Fsp3) is 0.469. The number of likely N-dealkylation sites (tertiary alicyclic amines) is 1. The van der Waals surface area contributed by atoms with Gasteiger partial charge < -0.3 is 19.4 Å². The van der Waals surface area contributed by atoms with E-state index in [9.17, 15) is 24.0 Å². The number of aryl methyl sites for hydroxylation is 2. The van der Waals surface area contributed by atoms with E-state index in [1.165, 1.54) is 16.9 Å². The third-order valence-electron chi connectivity index (χ3n) is 14.9. The zero-order valence-corrected chi connectivity index (χ0v) is 38.2. The second-order valence-corrected chi connectivity index (χ2v) is 19.4. The van der Waals surface area contributed by atoms with E-state index in [4.69, 9.17) is 37.3 Å². The molecule has 17 heteroatoms. The van der Waals surface area contributed by atoms with E-state index >= 15 is 4.39 Å². The first-order chi connectivity index (χ1) is 31.9. The van der Waals surface area contributed by atoms with Gasteiger partial charge in [0.2, 0.25) is 23.6 Å². The van der Waals surface area contributed by atoms with Crippen LogP contribution in [-0.2, 0) is 38.0 Å². The third kappa shape index (κ3) is 7.46. The average molecular weight is 941 g/mol. The topological polar surface area (TPSA) is 170 Å². The molecule has 5 aromatic rings. The first kappa shape index (κ1) is 44.5. The number of oxazole rings is 1. The van der Waals surface area contributed by atoms with Crippen LogP contribution in [0.1, 0.15) is 128 Å². The second kappa shape index (κ2) is 17.7. The van der Waals surface area contributed by atoms with Crippen LogP contribution in [0.2, 0.25) is 10.0 Å². The summed E-state index contributed by atoms with van der Waals surface area (Å²) in [6.07, 6.45) is 10.9. The quantitative estimate of drug-likeness (QED) is 0.0884. The van der Waals surface area contributed by atoms with Crippen molar-refractivity contribution in [1.29, 1.82) is 0 Å². The summed E-state index contributed by atoms with van der Waals surface area (Å²) >= 11 is 12.9. The van der Waals surface area contributed by atoms with Gasteiger partial charge in [0.25, 0.3) is 5.91 Å². The number of amides is 4. The highest BCUT2D eigenvalue weighted by Gasteiger charge is 2.72. The summed E-state index contributed by atoms with van der Waals surface area (Å²) in [6.45, 7) is 1.59. The minimum absolute atomic E-state index is 0.0215. The zero-order valence-electron chi connectivity index (χ0n) is 36.7. The normalized spacial score (nSPS) is 24.1. The minimum Gasteiger partial charge on any atom is -0.446 e. The SMILES string of the molecule is Cn1c(=O)n(C2CCC(=O)NC2=O)c2ccc(CCCCCOC3CCN(C(=O)c4coc([C@@H]5NC6(CCCCC6)[C@@]6(C(=O)Nc7cc(Cl)ccc76)[C@H]5c5cccc(Cl)c5F)n4)CC3)cc21. The maximum absolute atomic E-state index is 16.4. The molecule has 2 spiro atoms. The Morgan fingerprint density at radius 1 is 0.939 bits per heavy atom. The van der Waals surface area contributed by atoms with Crippen molar-refractivity contribution in [2.75, 3.05) is 25.0 Å². The van der Waals surface area contributed by atoms with Crippen molar-refractivity contribution in [2.45, 2.75) is 119 Å². The monoisotopic (exact) mass is 939 g/mol. The molecule has 4 atom stereocenters. The Hall–Kier alpha value is -5.35. The van der Waals surface area contributed by atoms with Crippen LogP contribution in [0.4, 0.5) is 10.1 Å². The molecule has 6 heterocycles. The minimum atomic E-state index is -1.27. The van der Waals surface area contributed by atoms with Crippen LogP contribution < -0.4 is 21.6 Å². The molecule has 66 heavy (non-hydrogen) atoms. The Labute approximate surface area is 390 Å². The van der Waals surface area contributed by atoms with Gasteiger partial charge in [-0.25, -0.2) is 14.2 Å². The number of aromatic nitrogens is 3. The molecule has 5 aliphatic rings. The Bertz CT molecular complexity index is 2810. The van der Waals surface area contributed by atoms with Crippen LogP contribution in [0.5, 0.6) is 0 Å². The highest BCUT2D eigenvalue weighted by Crippen LogP contribution is 2.65. The molecule has 14 nitrogen and oxygen atoms in total. The third-order valence-corrected chi connectivity index (χ3v) is 15.4. The molecule has 3 aromatic carbocycles. The van der Waals surface area contributed by atoms with E-state index in [0.29, 0.717) is 68.0 Å². The van der Waals surface area contributed by atoms with E-state index in [1.54, 1.807) is 40.8 Å². The highest BCUT2D eigenvalue weighted by atomic mass is 35.5. The zero-order chi connectivity index (χ0) is 45.9. The number of fused-ring (bicyclic) bond motifs is 4. The lowest BCUT2D eigenvalue weighted by atomic mass is 9.55. The van der Waals surface area contributed by atoms with E-state index in [-0.39, 0.29) is 58.1 Å². The largest absolute Gasteiger partial charge is 0.446 e. The summed E-state index contributed by atoms with van der Waals surface area (Å²) < 4.78 is 31.9. The average Bonchev–Trinajstić information content (AvgIpc) is 4.05. The molecule has 3 saturated heterocycles. The lowest BCUT2D eigenvalue weighted by Crippen LogP contribution is -2.60. The van der Waals surface area contributed by atoms with Crippen LogP contribution in [-0.4, -0.2) is 74.0 Å². The molecule has 4 fully saturated rings. The molecule has 0 bridgehead atoms. The van der Waals surface area contributed by atoms with Gasteiger partial charge in [0.1, 0.15) is 23.5 Å². The molecular formula is C49H52Cl2FN7O7. The number of anilines is 1. The molecule has 10 rings (SSSR count). The van der Waals surface area contributed by atoms with E-state index in [2.05, 4.69) is 16.0 Å². The van der Waals surface area contributed by atoms with Gasteiger partial charge >= 0.3 is 5.69 Å². The van der Waals surface area contributed by atoms with E-state index < -0.39 is 40.7 Å². The van der Waals surface area contributed by atoms with Crippen molar-refractivity contribution < 1.29 is 32.7 Å². The molecule has 0 radical (unpaired) electrons. The van der Waals surface area contributed by atoms with Gasteiger partial charge in [-0.05, 0) is 98.4 Å². The number of hydrogen-bond donors (Lipinski definition) is 3. The van der Waals surface area contributed by atoms with Crippen LogP contribution in [0.25, 0.3) is 11.0 Å². The molecular weight excluding hydrogens is 888 g/mol. The van der Waals surface area contributed by atoms with Crippen LogP contribution in [0, 0.1) is 5.82 Å². The Morgan fingerprint density at radius 2 is 1.74 bits per heavy atom. The number of unbranched alkanes of at least 4 members (excludes halogenated alkanes) is 2. The van der Waals surface area contributed by atoms with Crippen molar-refractivity contribution in [3.63, 3.8) is 0 Å². The molecule has 4 aliphatic heterocycles. The van der Waals surface area contributed by atoms with Gasteiger partial charge in [-0.3, -0.25) is 38.9 Å². The summed E-state index contributed by atoms with van der Waals surface area (Å²) in [5.41, 5.74) is 1.92. The summed E-state index contributed by atoms with van der Waals surface area (Å²) in [7, 11) is 1.70. The first-order valence-corrected chi connectivity index (χ1v) is 23.9. The lowest BCUT2D eigenvalue weighted by molar-refractivity contribution is -0.135. The smallest absolute Gasteiger partial charge is 0.329 e. The molecule has 3 N–H and O–H groups in total. The summed E-state index contributed by atoms with van der Waals surface area (Å²) in [5, 5.41) is 9.67. The Kier molecular flexibility index (Phi) is 11.9. The summed E-state index contributed by atoms with van der Waals surface area (Å²) in [6, 6.07) is 14.6. The van der Waals surface area contributed by atoms with E-state index in [1.807, 2.05) is 24.3 Å². The molecule has 346 valence electrons. The van der Waals surface area contributed by atoms with Gasteiger partial charge in [0.05, 0.1) is 28.2 Å². The number of nitrogens with zero attached hydrogens (tertiary/aromatic N) is 4. The van der Waals surface area contributed by atoms with E-state index in [0.717, 1.165) is 61.6 Å². The van der Waals surface area contributed by atoms with Crippen molar-refractivity contribution in [3.05, 3.63) is 115 Å². The fourth-order valence-corrected chi connectivity index (χ4v) is 12.1. The molecule has 2 aromatic heterocycles. The summed E-state index contributed by atoms with van der Waals surface area (Å²) in [5.74, 6) is -2.53. The lowest BCUT2D eigenvalue weighted by Gasteiger charge is -2.47. The standard InChI is InChI=1S/C49H52Cl2FN7O7/c1-57-38-25-28(12-15-36(38)59(47(57)64)37-16-17-39(60)55-43(37)61)9-4-2-7-24-65-30-18-22-58(23-19-30)45(62)35-27-66-44(53-35)42-40(31-10-8-11-33(51)41(31)52)49(48(56-42)20-5-3-6-21-48)32-14-13-29(50)26-34(32)54-46(49)63/h8,10-15,25-27,30,37,40,42,56H,2-7,9,16-24H2,1H3,(H,54,63)(H,55,60,61)/t37?,40-,42+,49+/m0/s1. The molecule has 1 unspecified atom stereocenters. The number of rotatable bonds is 11. The van der Waals surface area contributed by atoms with Gasteiger partial charge in [-0.1, -0.05) is 73.2 Å². The van der Waals surface area contributed by atoms with Crippen LogP contribution in [0.3, 0.4) is 0 Å². The second-order valence-electron chi connectivity index (χ2n) is 18.6. The molecule has 1 saturated carbocycles.